The van der Waals surface area contributed by atoms with Crippen molar-refractivity contribution >= 4 is 26.5 Å². The normalized spacial score (nSPS) is 13.4. The van der Waals surface area contributed by atoms with Crippen LogP contribution in [-0.2, 0) is 26.6 Å². The molecule has 7 heteroatoms. The van der Waals surface area contributed by atoms with Crippen molar-refractivity contribution in [2.45, 2.75) is 12.7 Å². The molecule has 18 heavy (non-hydrogen) atoms. The lowest BCUT2D eigenvalue weighted by Gasteiger charge is -2.06. The van der Waals surface area contributed by atoms with Gasteiger partial charge in [0.2, 0.25) is 10.0 Å². The Balaban J connectivity index is 2.49. The van der Waals surface area contributed by atoms with Gasteiger partial charge in [-0.2, -0.15) is 0 Å². The Bertz CT molecular complexity index is 498. The third-order valence-corrected chi connectivity index (χ3v) is 4.97. The molecule has 102 valence electrons. The summed E-state index contributed by atoms with van der Waals surface area (Å²) in [7, 11) is -4.33. The summed E-state index contributed by atoms with van der Waals surface area (Å²) in [6.07, 6.45) is 0. The number of benzene rings is 1. The van der Waals surface area contributed by atoms with Gasteiger partial charge >= 0.3 is 0 Å². The van der Waals surface area contributed by atoms with Crippen molar-refractivity contribution in [3.8, 4) is 0 Å². The lowest BCUT2D eigenvalue weighted by molar-refractivity contribution is 0.583. The second kappa shape index (κ2) is 6.86. The molecule has 0 fully saturated rings. The molecule has 3 N–H and O–H groups in total. The Morgan fingerprint density at radius 3 is 2.44 bits per heavy atom. The summed E-state index contributed by atoms with van der Waals surface area (Å²) in [6.45, 7) is 2.01. The first-order valence-electron chi connectivity index (χ1n) is 5.59. The highest BCUT2D eigenvalue weighted by Gasteiger charge is 2.11. The second-order valence-electron chi connectivity index (χ2n) is 3.83. The van der Waals surface area contributed by atoms with E-state index in [4.69, 9.17) is 5.73 Å². The minimum absolute atomic E-state index is 0.0912. The van der Waals surface area contributed by atoms with Crippen LogP contribution in [0.1, 0.15) is 12.5 Å². The Morgan fingerprint density at radius 1 is 1.28 bits per heavy atom. The number of sulfonamides is 1. The molecule has 1 unspecified atom stereocenters. The summed E-state index contributed by atoms with van der Waals surface area (Å²) in [4.78, 5) is 0. The maximum atomic E-state index is 11.7. The molecule has 0 saturated carbocycles. The minimum Gasteiger partial charge on any atom is -0.399 e. The molecule has 0 heterocycles. The van der Waals surface area contributed by atoms with Crippen LogP contribution in [0, 0.1) is 0 Å². The average molecular weight is 290 g/mol. The Kier molecular flexibility index (Phi) is 5.77. The van der Waals surface area contributed by atoms with E-state index in [9.17, 15) is 12.6 Å². The third kappa shape index (κ3) is 5.61. The van der Waals surface area contributed by atoms with E-state index in [1.165, 1.54) is 0 Å². The van der Waals surface area contributed by atoms with Gasteiger partial charge in [-0.05, 0) is 17.7 Å². The lowest BCUT2D eigenvalue weighted by Crippen LogP contribution is -2.29. The predicted molar refractivity (Wildman–Crippen MR) is 75.0 cm³/mol. The third-order valence-electron chi connectivity index (χ3n) is 2.31. The van der Waals surface area contributed by atoms with E-state index in [-0.39, 0.29) is 12.3 Å². The standard InChI is InChI=1S/C11H18N2O3S2/c1-2-17(14)8-7-13-18(15,16)9-10-3-5-11(12)6-4-10/h3-6,13H,2,7-9,12H2,1H3. The minimum atomic E-state index is -3.38. The molecule has 0 radical (unpaired) electrons. The Labute approximate surface area is 110 Å². The number of nitrogens with one attached hydrogen (secondary N) is 1. The number of nitrogen functional groups attached to an aromatic ring is 1. The van der Waals surface area contributed by atoms with E-state index in [0.717, 1.165) is 0 Å². The fraction of sp³-hybridized carbons (Fsp3) is 0.455. The van der Waals surface area contributed by atoms with Gasteiger partial charge in [0, 0.05) is 34.5 Å². The zero-order valence-corrected chi connectivity index (χ0v) is 11.9. The molecule has 1 rings (SSSR count). The van der Waals surface area contributed by atoms with Gasteiger partial charge in [0.25, 0.3) is 0 Å². The van der Waals surface area contributed by atoms with Gasteiger partial charge < -0.3 is 5.73 Å². The van der Waals surface area contributed by atoms with E-state index in [1.807, 2.05) is 0 Å². The molecule has 0 aromatic heterocycles. The largest absolute Gasteiger partial charge is 0.399 e. The molecule has 0 aliphatic heterocycles. The molecule has 0 amide bonds. The monoisotopic (exact) mass is 290 g/mol. The molecule has 5 nitrogen and oxygen atoms in total. The van der Waals surface area contributed by atoms with Crippen molar-refractivity contribution in [2.24, 2.45) is 0 Å². The van der Waals surface area contributed by atoms with Crippen LogP contribution in [-0.4, -0.2) is 30.7 Å². The lowest BCUT2D eigenvalue weighted by atomic mass is 10.2. The summed E-state index contributed by atoms with van der Waals surface area (Å²) in [6, 6.07) is 6.69. The van der Waals surface area contributed by atoms with Crippen LogP contribution >= 0.6 is 0 Å². The maximum absolute atomic E-state index is 11.7. The first-order valence-corrected chi connectivity index (χ1v) is 8.73. The predicted octanol–water partition coefficient (Wildman–Crippen LogP) is 0.457. The SMILES string of the molecule is CCS(=O)CCNS(=O)(=O)Cc1ccc(N)cc1. The van der Waals surface area contributed by atoms with Crippen molar-refractivity contribution in [3.63, 3.8) is 0 Å². The van der Waals surface area contributed by atoms with Crippen molar-refractivity contribution in [3.05, 3.63) is 29.8 Å². The maximum Gasteiger partial charge on any atom is 0.215 e. The van der Waals surface area contributed by atoms with Gasteiger partial charge in [0.1, 0.15) is 0 Å². The first kappa shape index (κ1) is 15.1. The highest BCUT2D eigenvalue weighted by molar-refractivity contribution is 7.88. The highest BCUT2D eigenvalue weighted by Crippen LogP contribution is 2.08. The van der Waals surface area contributed by atoms with Crippen LogP contribution in [0.3, 0.4) is 0 Å². The fourth-order valence-corrected chi connectivity index (χ4v) is 3.23. The molecule has 0 bridgehead atoms. The number of anilines is 1. The van der Waals surface area contributed by atoms with Gasteiger partial charge in [-0.1, -0.05) is 19.1 Å². The van der Waals surface area contributed by atoms with Crippen LogP contribution in [0.4, 0.5) is 5.69 Å². The summed E-state index contributed by atoms with van der Waals surface area (Å²) in [5, 5.41) is 0. The number of nitrogens with two attached hydrogens (primary N) is 1. The molecule has 0 aliphatic carbocycles. The molecule has 1 aromatic rings. The van der Waals surface area contributed by atoms with E-state index in [1.54, 1.807) is 31.2 Å². The Morgan fingerprint density at radius 2 is 1.89 bits per heavy atom. The summed E-state index contributed by atoms with van der Waals surface area (Å²) >= 11 is 0. The zero-order chi connectivity index (χ0) is 13.6. The second-order valence-corrected chi connectivity index (χ2v) is 7.50. The van der Waals surface area contributed by atoms with Crippen LogP contribution < -0.4 is 10.5 Å². The van der Waals surface area contributed by atoms with E-state index < -0.39 is 20.8 Å². The van der Waals surface area contributed by atoms with Crippen LogP contribution in [0.2, 0.25) is 0 Å². The van der Waals surface area contributed by atoms with Crippen LogP contribution in [0.15, 0.2) is 24.3 Å². The van der Waals surface area contributed by atoms with Gasteiger partial charge in [-0.25, -0.2) is 13.1 Å². The fourth-order valence-electron chi connectivity index (χ4n) is 1.34. The quantitative estimate of drug-likeness (QED) is 0.714. The highest BCUT2D eigenvalue weighted by atomic mass is 32.2. The molecule has 0 aliphatic rings. The van der Waals surface area contributed by atoms with Crippen molar-refractivity contribution < 1.29 is 12.6 Å². The molecule has 0 saturated heterocycles. The molecule has 0 spiro atoms. The first-order chi connectivity index (χ1) is 8.43. The molecule has 1 atom stereocenters. The molecule has 1 aromatic carbocycles. The summed E-state index contributed by atoms with van der Waals surface area (Å²) in [5.41, 5.74) is 6.79. The smallest absolute Gasteiger partial charge is 0.215 e. The molecular formula is C11H18N2O3S2. The average Bonchev–Trinajstić information content (AvgIpc) is 2.31. The number of rotatable bonds is 7. The van der Waals surface area contributed by atoms with Gasteiger partial charge in [0.15, 0.2) is 0 Å². The van der Waals surface area contributed by atoms with Gasteiger partial charge in [0.05, 0.1) is 5.75 Å². The van der Waals surface area contributed by atoms with Crippen molar-refractivity contribution in [2.75, 3.05) is 23.8 Å². The van der Waals surface area contributed by atoms with Crippen molar-refractivity contribution in [1.82, 2.24) is 4.72 Å². The van der Waals surface area contributed by atoms with Crippen molar-refractivity contribution in [1.29, 1.82) is 0 Å². The topological polar surface area (TPSA) is 89.3 Å². The van der Waals surface area contributed by atoms with E-state index >= 15 is 0 Å². The van der Waals surface area contributed by atoms with Gasteiger partial charge in [-0.15, -0.1) is 0 Å². The van der Waals surface area contributed by atoms with E-state index in [0.29, 0.717) is 22.8 Å². The number of hydrogen-bond acceptors (Lipinski definition) is 4. The summed E-state index contributed by atoms with van der Waals surface area (Å²) < 4.78 is 37.0. The van der Waals surface area contributed by atoms with Crippen LogP contribution in [0.5, 0.6) is 0 Å². The van der Waals surface area contributed by atoms with Gasteiger partial charge in [-0.3, -0.25) is 4.21 Å². The van der Waals surface area contributed by atoms with Crippen LogP contribution in [0.25, 0.3) is 0 Å². The summed E-state index contributed by atoms with van der Waals surface area (Å²) in [5.74, 6) is 0.795. The number of hydrogen-bond donors (Lipinski definition) is 2. The zero-order valence-electron chi connectivity index (χ0n) is 10.3. The Hall–Kier alpha value is -0.920. The molecular weight excluding hydrogens is 272 g/mol. The van der Waals surface area contributed by atoms with E-state index in [2.05, 4.69) is 4.72 Å².